The maximum Gasteiger partial charge on any atom is 0.271 e. The largest absolute Gasteiger partial charge is 0.502 e. The van der Waals surface area contributed by atoms with Crippen LogP contribution in [-0.2, 0) is 0 Å². The van der Waals surface area contributed by atoms with Gasteiger partial charge in [0, 0.05) is 11.7 Å². The van der Waals surface area contributed by atoms with Gasteiger partial charge in [-0.25, -0.2) is 13.2 Å². The lowest BCUT2D eigenvalue weighted by Crippen LogP contribution is -2.33. The first-order valence-electron chi connectivity index (χ1n) is 10.1. The van der Waals surface area contributed by atoms with Gasteiger partial charge in [0.1, 0.15) is 11.5 Å². The van der Waals surface area contributed by atoms with E-state index in [4.69, 9.17) is 0 Å². The van der Waals surface area contributed by atoms with Crippen LogP contribution in [0.15, 0.2) is 76.3 Å². The van der Waals surface area contributed by atoms with Crippen molar-refractivity contribution in [3.63, 3.8) is 0 Å². The molecule has 2 atom stereocenters. The van der Waals surface area contributed by atoms with Crippen LogP contribution in [0.2, 0.25) is 0 Å². The van der Waals surface area contributed by atoms with Gasteiger partial charge in [0.15, 0.2) is 17.4 Å². The lowest BCUT2D eigenvalue weighted by Gasteiger charge is -2.27. The molecule has 0 radical (unpaired) electrons. The molecule has 0 spiro atoms. The van der Waals surface area contributed by atoms with Gasteiger partial charge >= 0.3 is 0 Å². The van der Waals surface area contributed by atoms with E-state index in [1.54, 1.807) is 43.3 Å². The van der Waals surface area contributed by atoms with Crippen molar-refractivity contribution in [3.05, 3.63) is 121 Å². The molecule has 0 aliphatic heterocycles. The second-order valence-corrected chi connectivity index (χ2v) is 7.64. The molecule has 168 valence electrons. The molecule has 0 aromatic heterocycles. The molecule has 33 heavy (non-hydrogen) atoms. The molecule has 0 saturated carbocycles. The van der Waals surface area contributed by atoms with E-state index in [1.807, 2.05) is 0 Å². The molecular weight excluding hydrogens is 433 g/mol. The average Bonchev–Trinajstić information content (AvgIpc) is 2.83. The second-order valence-electron chi connectivity index (χ2n) is 7.64. The zero-order valence-electron chi connectivity index (χ0n) is 17.4. The van der Waals surface area contributed by atoms with Gasteiger partial charge in [-0.1, -0.05) is 36.4 Å². The minimum atomic E-state index is -0.975. The zero-order chi connectivity index (χ0) is 23.7. The van der Waals surface area contributed by atoms with Crippen molar-refractivity contribution < 1.29 is 18.3 Å². The smallest absolute Gasteiger partial charge is 0.271 e. The lowest BCUT2D eigenvalue weighted by atomic mass is 9.95. The Balaban J connectivity index is 1.74. The Kier molecular flexibility index (Phi) is 6.02. The van der Waals surface area contributed by atoms with E-state index in [9.17, 15) is 27.9 Å². The molecule has 0 aliphatic rings. The highest BCUT2D eigenvalue weighted by atomic mass is 19.2. The standard InChI is InChI=1S/C25H19F3N2O3/c1-13(15-8-11-18(27)19(28)12-15)29-21(14-6-9-16(26)10-7-14)17-4-2-3-5-20(17)30-22-23(31)25(33)24(22)32/h2-13,21,29-31H,1H3. The fourth-order valence-electron chi connectivity index (χ4n) is 3.64. The molecule has 0 fully saturated rings. The highest BCUT2D eigenvalue weighted by Crippen LogP contribution is 2.33. The van der Waals surface area contributed by atoms with Crippen LogP contribution in [0, 0.1) is 17.5 Å². The van der Waals surface area contributed by atoms with E-state index in [2.05, 4.69) is 10.6 Å². The number of benzene rings is 3. The minimum absolute atomic E-state index is 0.209. The van der Waals surface area contributed by atoms with Crippen LogP contribution in [0.5, 0.6) is 5.75 Å². The molecule has 0 bridgehead atoms. The van der Waals surface area contributed by atoms with Gasteiger partial charge in [-0.05, 0) is 53.9 Å². The van der Waals surface area contributed by atoms with Crippen LogP contribution in [0.25, 0.3) is 0 Å². The topological polar surface area (TPSA) is 78.4 Å². The third kappa shape index (κ3) is 4.38. The molecule has 8 heteroatoms. The Labute approximate surface area is 186 Å². The first-order chi connectivity index (χ1) is 15.8. The number of hydrogen-bond donors (Lipinski definition) is 3. The summed E-state index contributed by atoms with van der Waals surface area (Å²) in [4.78, 5) is 23.2. The van der Waals surface area contributed by atoms with Crippen LogP contribution in [0.3, 0.4) is 0 Å². The summed E-state index contributed by atoms with van der Waals surface area (Å²) >= 11 is 0. The van der Waals surface area contributed by atoms with Crippen molar-refractivity contribution >= 4 is 11.4 Å². The number of rotatable bonds is 7. The molecular formula is C25H19F3N2O3. The zero-order valence-corrected chi connectivity index (χ0v) is 17.4. The summed E-state index contributed by atoms with van der Waals surface area (Å²) in [6.45, 7) is 1.77. The maximum absolute atomic E-state index is 13.8. The van der Waals surface area contributed by atoms with E-state index in [0.29, 0.717) is 22.4 Å². The molecule has 0 heterocycles. The van der Waals surface area contributed by atoms with Crippen molar-refractivity contribution in [1.82, 2.24) is 5.32 Å². The summed E-state index contributed by atoms with van der Waals surface area (Å²) in [6, 6.07) is 15.2. The molecule has 4 aromatic rings. The Bertz CT molecular complexity index is 1380. The van der Waals surface area contributed by atoms with Crippen LogP contribution in [0.1, 0.15) is 35.7 Å². The summed E-state index contributed by atoms with van der Waals surface area (Å²) in [5, 5.41) is 15.9. The van der Waals surface area contributed by atoms with Crippen molar-refractivity contribution in [1.29, 1.82) is 0 Å². The van der Waals surface area contributed by atoms with Crippen molar-refractivity contribution in [2.45, 2.75) is 19.0 Å². The molecule has 4 rings (SSSR count). The van der Waals surface area contributed by atoms with Gasteiger partial charge in [0.05, 0.1) is 6.04 Å². The number of halogens is 3. The van der Waals surface area contributed by atoms with E-state index >= 15 is 0 Å². The van der Waals surface area contributed by atoms with Gasteiger partial charge in [-0.15, -0.1) is 0 Å². The summed E-state index contributed by atoms with van der Waals surface area (Å²) in [5.74, 6) is -3.00. The molecule has 2 unspecified atom stereocenters. The molecule has 3 N–H and O–H groups in total. The van der Waals surface area contributed by atoms with Gasteiger partial charge in [0.2, 0.25) is 0 Å². The average molecular weight is 452 g/mol. The molecule has 0 amide bonds. The number of para-hydroxylation sites is 1. The van der Waals surface area contributed by atoms with Crippen molar-refractivity contribution in [3.8, 4) is 5.75 Å². The predicted molar refractivity (Wildman–Crippen MR) is 119 cm³/mol. The summed E-state index contributed by atoms with van der Waals surface area (Å²) in [6.07, 6.45) is 0. The number of aromatic hydroxyl groups is 1. The SMILES string of the molecule is CC(NC(c1ccc(F)cc1)c1ccccc1Nc1c(O)c(=O)c1=O)c1ccc(F)c(F)c1. The number of anilines is 2. The Morgan fingerprint density at radius 1 is 0.818 bits per heavy atom. The molecule has 4 aromatic carbocycles. The van der Waals surface area contributed by atoms with Gasteiger partial charge < -0.3 is 10.4 Å². The lowest BCUT2D eigenvalue weighted by molar-refractivity contribution is 0.466. The monoisotopic (exact) mass is 452 g/mol. The second kappa shape index (κ2) is 8.91. The minimum Gasteiger partial charge on any atom is -0.502 e. The highest BCUT2D eigenvalue weighted by Gasteiger charge is 2.24. The first kappa shape index (κ1) is 22.3. The fourth-order valence-corrected chi connectivity index (χ4v) is 3.64. The van der Waals surface area contributed by atoms with Crippen molar-refractivity contribution in [2.75, 3.05) is 5.32 Å². The summed E-state index contributed by atoms with van der Waals surface area (Å²) < 4.78 is 40.7. The molecule has 0 aliphatic carbocycles. The third-order valence-corrected chi connectivity index (χ3v) is 5.48. The summed E-state index contributed by atoms with van der Waals surface area (Å²) in [5.41, 5.74) is 0.198. The number of nitrogens with one attached hydrogen (secondary N) is 2. The normalized spacial score (nSPS) is 13.1. The van der Waals surface area contributed by atoms with Crippen LogP contribution >= 0.6 is 0 Å². The van der Waals surface area contributed by atoms with Crippen molar-refractivity contribution in [2.24, 2.45) is 0 Å². The third-order valence-electron chi connectivity index (χ3n) is 5.48. The van der Waals surface area contributed by atoms with E-state index in [-0.39, 0.29) is 5.69 Å². The molecule has 5 nitrogen and oxygen atoms in total. The van der Waals surface area contributed by atoms with Gasteiger partial charge in [-0.2, -0.15) is 0 Å². The van der Waals surface area contributed by atoms with Crippen LogP contribution in [-0.4, -0.2) is 5.11 Å². The van der Waals surface area contributed by atoms with E-state index < -0.39 is 46.1 Å². The maximum atomic E-state index is 13.8. The molecule has 0 saturated heterocycles. The van der Waals surface area contributed by atoms with E-state index in [1.165, 1.54) is 18.2 Å². The Hall–Kier alpha value is -3.91. The van der Waals surface area contributed by atoms with Crippen LogP contribution in [0.4, 0.5) is 24.5 Å². The summed E-state index contributed by atoms with van der Waals surface area (Å²) in [7, 11) is 0. The highest BCUT2D eigenvalue weighted by molar-refractivity contribution is 5.72. The van der Waals surface area contributed by atoms with Gasteiger partial charge in [-0.3, -0.25) is 14.9 Å². The predicted octanol–water partition coefficient (Wildman–Crippen LogP) is 4.59. The fraction of sp³-hybridized carbons (Fsp3) is 0.120. The number of hydrogen-bond acceptors (Lipinski definition) is 5. The first-order valence-corrected chi connectivity index (χ1v) is 10.1. The van der Waals surface area contributed by atoms with Gasteiger partial charge in [0.25, 0.3) is 10.9 Å². The quantitative estimate of drug-likeness (QED) is 0.358. The Morgan fingerprint density at radius 2 is 1.48 bits per heavy atom. The van der Waals surface area contributed by atoms with Crippen LogP contribution < -0.4 is 21.5 Å². The van der Waals surface area contributed by atoms with E-state index in [0.717, 1.165) is 12.1 Å². The Morgan fingerprint density at radius 3 is 2.15 bits per heavy atom.